The Labute approximate surface area is 113 Å². The van der Waals surface area contributed by atoms with Gasteiger partial charge in [0.15, 0.2) is 0 Å². The van der Waals surface area contributed by atoms with Crippen LogP contribution >= 0.6 is 0 Å². The smallest absolute Gasteiger partial charge is 0.0469 e. The molecule has 0 aromatic carbocycles. The third-order valence-electron chi connectivity index (χ3n) is 4.08. The van der Waals surface area contributed by atoms with Crippen LogP contribution in [0.5, 0.6) is 0 Å². The van der Waals surface area contributed by atoms with Crippen molar-refractivity contribution in [1.82, 2.24) is 10.2 Å². The monoisotopic (exact) mass is 256 g/mol. The summed E-state index contributed by atoms with van der Waals surface area (Å²) < 4.78 is 5.42. The van der Waals surface area contributed by atoms with Crippen molar-refractivity contribution in [3.8, 4) is 0 Å². The molecule has 1 aliphatic rings. The third kappa shape index (κ3) is 6.17. The van der Waals surface area contributed by atoms with E-state index in [1.54, 1.807) is 0 Å². The third-order valence-corrected chi connectivity index (χ3v) is 4.08. The topological polar surface area (TPSA) is 24.5 Å². The zero-order valence-corrected chi connectivity index (χ0v) is 12.7. The van der Waals surface area contributed by atoms with Crippen molar-refractivity contribution in [3.63, 3.8) is 0 Å². The van der Waals surface area contributed by atoms with Gasteiger partial charge in [0.2, 0.25) is 0 Å². The summed E-state index contributed by atoms with van der Waals surface area (Å²) in [5.74, 6) is 0.838. The van der Waals surface area contributed by atoms with E-state index in [4.69, 9.17) is 4.74 Å². The molecule has 18 heavy (non-hydrogen) atoms. The highest BCUT2D eigenvalue weighted by Gasteiger charge is 2.19. The summed E-state index contributed by atoms with van der Waals surface area (Å²) in [5.41, 5.74) is 0. The standard InChI is InChI=1S/C15H32N2O/c1-5-8-16-13(2)11-14(3)17(4)12-15-6-9-18-10-7-15/h13-16H,5-12H2,1-4H3. The molecule has 0 amide bonds. The molecule has 2 unspecified atom stereocenters. The first-order valence-electron chi connectivity index (χ1n) is 7.64. The van der Waals surface area contributed by atoms with Gasteiger partial charge in [0.05, 0.1) is 0 Å². The average Bonchev–Trinajstić information content (AvgIpc) is 2.37. The van der Waals surface area contributed by atoms with Crippen molar-refractivity contribution >= 4 is 0 Å². The highest BCUT2D eigenvalue weighted by molar-refractivity contribution is 4.74. The maximum absolute atomic E-state index is 5.42. The summed E-state index contributed by atoms with van der Waals surface area (Å²) in [5, 5.41) is 3.58. The van der Waals surface area contributed by atoms with Crippen LogP contribution in [0, 0.1) is 5.92 Å². The molecule has 108 valence electrons. The van der Waals surface area contributed by atoms with Gasteiger partial charge in [-0.3, -0.25) is 0 Å². The molecule has 0 radical (unpaired) electrons. The molecule has 1 aliphatic heterocycles. The van der Waals surface area contributed by atoms with Crippen LogP contribution < -0.4 is 5.32 Å². The van der Waals surface area contributed by atoms with Crippen LogP contribution in [0.25, 0.3) is 0 Å². The van der Waals surface area contributed by atoms with Crippen LogP contribution in [0.1, 0.15) is 46.5 Å². The van der Waals surface area contributed by atoms with E-state index in [0.717, 1.165) is 25.7 Å². The van der Waals surface area contributed by atoms with Crippen LogP contribution in [-0.2, 0) is 4.74 Å². The van der Waals surface area contributed by atoms with Gasteiger partial charge < -0.3 is 15.0 Å². The van der Waals surface area contributed by atoms with Gasteiger partial charge in [-0.05, 0) is 59.0 Å². The highest BCUT2D eigenvalue weighted by Crippen LogP contribution is 2.17. The Balaban J connectivity index is 2.20. The molecule has 1 N–H and O–H groups in total. The van der Waals surface area contributed by atoms with E-state index in [2.05, 4.69) is 38.0 Å². The Morgan fingerprint density at radius 2 is 1.94 bits per heavy atom. The van der Waals surface area contributed by atoms with E-state index in [1.807, 2.05) is 0 Å². The van der Waals surface area contributed by atoms with E-state index < -0.39 is 0 Å². The zero-order chi connectivity index (χ0) is 13.4. The number of nitrogens with one attached hydrogen (secondary N) is 1. The lowest BCUT2D eigenvalue weighted by Crippen LogP contribution is -2.40. The first kappa shape index (κ1) is 15.9. The number of nitrogens with zero attached hydrogens (tertiary/aromatic N) is 1. The molecule has 0 spiro atoms. The summed E-state index contributed by atoms with van der Waals surface area (Å²) in [4.78, 5) is 2.53. The van der Waals surface area contributed by atoms with E-state index in [0.29, 0.717) is 12.1 Å². The van der Waals surface area contributed by atoms with Gasteiger partial charge in [-0.2, -0.15) is 0 Å². The molecule has 0 saturated carbocycles. The maximum Gasteiger partial charge on any atom is 0.0469 e. The normalized spacial score (nSPS) is 21.2. The summed E-state index contributed by atoms with van der Waals surface area (Å²) in [6.45, 7) is 11.2. The second kappa shape index (κ2) is 8.89. The van der Waals surface area contributed by atoms with E-state index in [-0.39, 0.29) is 0 Å². The predicted octanol–water partition coefficient (Wildman–Crippen LogP) is 2.51. The van der Waals surface area contributed by atoms with E-state index in [1.165, 1.54) is 32.2 Å². The van der Waals surface area contributed by atoms with Gasteiger partial charge in [0.1, 0.15) is 0 Å². The predicted molar refractivity (Wildman–Crippen MR) is 78.0 cm³/mol. The molecule has 1 rings (SSSR count). The fourth-order valence-corrected chi connectivity index (χ4v) is 2.68. The maximum atomic E-state index is 5.42. The van der Waals surface area contributed by atoms with E-state index >= 15 is 0 Å². The lowest BCUT2D eigenvalue weighted by Gasteiger charge is -2.32. The van der Waals surface area contributed by atoms with Crippen LogP contribution in [0.15, 0.2) is 0 Å². The van der Waals surface area contributed by atoms with Crippen molar-refractivity contribution in [1.29, 1.82) is 0 Å². The minimum atomic E-state index is 0.622. The molecule has 1 heterocycles. The van der Waals surface area contributed by atoms with Crippen molar-refractivity contribution in [2.45, 2.75) is 58.5 Å². The van der Waals surface area contributed by atoms with Gasteiger partial charge in [0, 0.05) is 31.8 Å². The molecule has 2 atom stereocenters. The molecular formula is C15H32N2O. The zero-order valence-electron chi connectivity index (χ0n) is 12.7. The first-order chi connectivity index (χ1) is 8.63. The summed E-state index contributed by atoms with van der Waals surface area (Å²) >= 11 is 0. The molecular weight excluding hydrogens is 224 g/mol. The quantitative estimate of drug-likeness (QED) is 0.722. The van der Waals surface area contributed by atoms with Gasteiger partial charge in [-0.15, -0.1) is 0 Å². The summed E-state index contributed by atoms with van der Waals surface area (Å²) in [6, 6.07) is 1.28. The lowest BCUT2D eigenvalue weighted by atomic mass is 9.98. The summed E-state index contributed by atoms with van der Waals surface area (Å²) in [7, 11) is 2.27. The minimum absolute atomic E-state index is 0.622. The molecule has 1 saturated heterocycles. The molecule has 0 aromatic heterocycles. The van der Waals surface area contributed by atoms with Crippen molar-refractivity contribution in [3.05, 3.63) is 0 Å². The van der Waals surface area contributed by atoms with Crippen LogP contribution in [0.2, 0.25) is 0 Å². The van der Waals surface area contributed by atoms with Crippen LogP contribution in [-0.4, -0.2) is 50.3 Å². The number of hydrogen-bond acceptors (Lipinski definition) is 3. The van der Waals surface area contributed by atoms with Gasteiger partial charge in [0.25, 0.3) is 0 Å². The minimum Gasteiger partial charge on any atom is -0.381 e. The fraction of sp³-hybridized carbons (Fsp3) is 1.00. The van der Waals surface area contributed by atoms with Crippen molar-refractivity contribution in [2.24, 2.45) is 5.92 Å². The Morgan fingerprint density at radius 1 is 1.28 bits per heavy atom. The van der Waals surface area contributed by atoms with Crippen molar-refractivity contribution < 1.29 is 4.74 Å². The first-order valence-corrected chi connectivity index (χ1v) is 7.64. The highest BCUT2D eigenvalue weighted by atomic mass is 16.5. The number of ether oxygens (including phenoxy) is 1. The fourth-order valence-electron chi connectivity index (χ4n) is 2.68. The molecule has 0 aromatic rings. The number of rotatable bonds is 8. The lowest BCUT2D eigenvalue weighted by molar-refractivity contribution is 0.0503. The second-order valence-corrected chi connectivity index (χ2v) is 5.94. The van der Waals surface area contributed by atoms with Gasteiger partial charge in [-0.25, -0.2) is 0 Å². The molecule has 3 nitrogen and oxygen atoms in total. The van der Waals surface area contributed by atoms with Gasteiger partial charge >= 0.3 is 0 Å². The molecule has 0 bridgehead atoms. The average molecular weight is 256 g/mol. The second-order valence-electron chi connectivity index (χ2n) is 5.94. The van der Waals surface area contributed by atoms with Crippen molar-refractivity contribution in [2.75, 3.05) is 33.4 Å². The van der Waals surface area contributed by atoms with E-state index in [9.17, 15) is 0 Å². The molecule has 1 fully saturated rings. The Hall–Kier alpha value is -0.120. The van der Waals surface area contributed by atoms with Gasteiger partial charge in [-0.1, -0.05) is 6.92 Å². The summed E-state index contributed by atoms with van der Waals surface area (Å²) in [6.07, 6.45) is 4.93. The Kier molecular flexibility index (Phi) is 7.87. The molecule has 0 aliphatic carbocycles. The Bertz CT molecular complexity index is 205. The van der Waals surface area contributed by atoms with Crippen LogP contribution in [0.4, 0.5) is 0 Å². The molecule has 3 heteroatoms. The van der Waals surface area contributed by atoms with Crippen LogP contribution in [0.3, 0.4) is 0 Å². The SMILES string of the molecule is CCCNC(C)CC(C)N(C)CC1CCOCC1. The Morgan fingerprint density at radius 3 is 2.56 bits per heavy atom. The largest absolute Gasteiger partial charge is 0.381 e. The number of hydrogen-bond donors (Lipinski definition) is 1.